The van der Waals surface area contributed by atoms with Crippen LogP contribution in [0.4, 0.5) is 5.69 Å². The summed E-state index contributed by atoms with van der Waals surface area (Å²) >= 11 is 0. The highest BCUT2D eigenvalue weighted by molar-refractivity contribution is 6.09. The van der Waals surface area contributed by atoms with E-state index in [1.165, 1.54) is 6.92 Å². The molecule has 0 saturated heterocycles. The van der Waals surface area contributed by atoms with Gasteiger partial charge < -0.3 is 4.98 Å². The van der Waals surface area contributed by atoms with Crippen molar-refractivity contribution in [1.82, 2.24) is 4.98 Å². The Bertz CT molecular complexity index is 980. The van der Waals surface area contributed by atoms with Crippen LogP contribution < -0.4 is 5.56 Å². The number of ketones is 1. The molecule has 0 unspecified atom stereocenters. The van der Waals surface area contributed by atoms with E-state index in [1.807, 2.05) is 30.3 Å². The largest absolute Gasteiger partial charge is 0.321 e. The molecule has 2 aromatic carbocycles. The highest BCUT2D eigenvalue weighted by atomic mass is 16.1. The fraction of sp³-hybridized carbons (Fsp3) is 0.0556. The lowest BCUT2D eigenvalue weighted by molar-refractivity contribution is 0.101. The second-order valence-electron chi connectivity index (χ2n) is 4.97. The zero-order valence-corrected chi connectivity index (χ0v) is 11.9. The van der Waals surface area contributed by atoms with E-state index in [2.05, 4.69) is 9.83 Å². The lowest BCUT2D eigenvalue weighted by Gasteiger charge is -2.11. The summed E-state index contributed by atoms with van der Waals surface area (Å²) in [6, 6.07) is 14.3. The average molecular weight is 288 g/mol. The van der Waals surface area contributed by atoms with Gasteiger partial charge in [-0.15, -0.1) is 0 Å². The maximum atomic E-state index is 12.3. The van der Waals surface area contributed by atoms with Gasteiger partial charge in [-0.05, 0) is 30.0 Å². The minimum Gasteiger partial charge on any atom is -0.321 e. The number of aromatic amines is 1. The van der Waals surface area contributed by atoms with Crippen LogP contribution in [0, 0.1) is 6.57 Å². The first-order valence-corrected chi connectivity index (χ1v) is 6.75. The number of rotatable bonds is 2. The number of H-pyrrole nitrogens is 1. The molecule has 0 spiro atoms. The Labute approximate surface area is 126 Å². The summed E-state index contributed by atoms with van der Waals surface area (Å²) in [4.78, 5) is 30.4. The summed E-state index contributed by atoms with van der Waals surface area (Å²) in [6.45, 7) is 8.54. The van der Waals surface area contributed by atoms with Crippen molar-refractivity contribution in [2.24, 2.45) is 0 Å². The van der Waals surface area contributed by atoms with Crippen LogP contribution in [0.25, 0.3) is 26.9 Å². The van der Waals surface area contributed by atoms with Crippen molar-refractivity contribution in [3.8, 4) is 11.1 Å². The van der Waals surface area contributed by atoms with Gasteiger partial charge in [0.2, 0.25) is 0 Å². The first-order valence-electron chi connectivity index (χ1n) is 6.75. The molecule has 0 aliphatic rings. The molecule has 0 radical (unpaired) electrons. The summed E-state index contributed by atoms with van der Waals surface area (Å²) in [5.74, 6) is -0.296. The van der Waals surface area contributed by atoms with E-state index in [1.54, 1.807) is 18.2 Å². The monoisotopic (exact) mass is 288 g/mol. The molecule has 106 valence electrons. The number of carbonyl (C=O) groups is 1. The number of fused-ring (bicyclic) bond motifs is 1. The molecule has 0 saturated carbocycles. The molecule has 1 aromatic heterocycles. The minimum absolute atomic E-state index is 0.126. The van der Waals surface area contributed by atoms with Gasteiger partial charge in [0.15, 0.2) is 11.5 Å². The first kappa shape index (κ1) is 13.8. The van der Waals surface area contributed by atoms with E-state index >= 15 is 0 Å². The summed E-state index contributed by atoms with van der Waals surface area (Å²) < 4.78 is 0. The number of nitrogens with zero attached hydrogens (tertiary/aromatic N) is 1. The molecular formula is C18H12N2O2. The van der Waals surface area contributed by atoms with Crippen LogP contribution in [-0.2, 0) is 0 Å². The van der Waals surface area contributed by atoms with Crippen molar-refractivity contribution in [3.63, 3.8) is 0 Å². The summed E-state index contributed by atoms with van der Waals surface area (Å²) in [5.41, 5.74) is 2.16. The third-order valence-electron chi connectivity index (χ3n) is 3.54. The molecule has 4 heteroatoms. The van der Waals surface area contributed by atoms with Gasteiger partial charge in [0.1, 0.15) is 0 Å². The second-order valence-corrected chi connectivity index (χ2v) is 4.97. The third-order valence-corrected chi connectivity index (χ3v) is 3.54. The van der Waals surface area contributed by atoms with Crippen molar-refractivity contribution in [2.45, 2.75) is 6.92 Å². The van der Waals surface area contributed by atoms with E-state index in [-0.39, 0.29) is 11.3 Å². The number of hydrogen-bond donors (Lipinski definition) is 1. The third kappa shape index (κ3) is 2.19. The van der Waals surface area contributed by atoms with Crippen LogP contribution >= 0.6 is 0 Å². The number of Topliss-reactive ketones (excluding diaryl/α,β-unsaturated/α-hetero) is 1. The highest BCUT2D eigenvalue weighted by Crippen LogP contribution is 2.32. The van der Waals surface area contributed by atoms with E-state index in [0.717, 1.165) is 5.56 Å². The molecule has 3 rings (SSSR count). The van der Waals surface area contributed by atoms with Crippen molar-refractivity contribution >= 4 is 22.4 Å². The Balaban J connectivity index is 2.54. The zero-order chi connectivity index (χ0) is 15.7. The van der Waals surface area contributed by atoms with Crippen LogP contribution in [0.2, 0.25) is 0 Å². The standard InChI is InChI=1S/C18H12N2O2/c1-11(21)16-17(12-6-4-3-5-7-12)14-10-13(19-2)8-9-15(14)20-18(16)22/h3-10H,1H3,(H,20,22). The predicted octanol–water partition coefficient (Wildman–Crippen LogP) is 3.95. The molecule has 0 aliphatic heterocycles. The molecule has 0 atom stereocenters. The van der Waals surface area contributed by atoms with Crippen LogP contribution in [0.5, 0.6) is 0 Å². The molecule has 1 heterocycles. The average Bonchev–Trinajstić information content (AvgIpc) is 2.53. The number of pyridine rings is 1. The fourth-order valence-corrected chi connectivity index (χ4v) is 2.59. The molecule has 0 fully saturated rings. The minimum atomic E-state index is -0.408. The first-order chi connectivity index (χ1) is 10.6. The second kappa shape index (κ2) is 5.30. The SMILES string of the molecule is [C-]#[N+]c1ccc2[nH]c(=O)c(C(C)=O)c(-c3ccccc3)c2c1. The van der Waals surface area contributed by atoms with Crippen molar-refractivity contribution in [1.29, 1.82) is 0 Å². The van der Waals surface area contributed by atoms with E-state index in [4.69, 9.17) is 6.57 Å². The lowest BCUT2D eigenvalue weighted by atomic mass is 9.94. The fourth-order valence-electron chi connectivity index (χ4n) is 2.59. The Morgan fingerprint density at radius 1 is 1.14 bits per heavy atom. The van der Waals surface area contributed by atoms with Crippen molar-refractivity contribution in [3.05, 3.63) is 75.9 Å². The zero-order valence-electron chi connectivity index (χ0n) is 11.9. The quantitative estimate of drug-likeness (QED) is 0.573. The van der Waals surface area contributed by atoms with Gasteiger partial charge >= 0.3 is 0 Å². The van der Waals surface area contributed by atoms with Gasteiger partial charge in [-0.3, -0.25) is 9.59 Å². The molecule has 0 bridgehead atoms. The summed E-state index contributed by atoms with van der Waals surface area (Å²) in [5, 5.41) is 0.699. The normalized spacial score (nSPS) is 10.4. The van der Waals surface area contributed by atoms with Gasteiger partial charge in [0.05, 0.1) is 12.1 Å². The number of aromatic nitrogens is 1. The molecule has 0 amide bonds. The van der Waals surface area contributed by atoms with Gasteiger partial charge in [-0.25, -0.2) is 4.85 Å². The number of benzene rings is 2. The smallest absolute Gasteiger partial charge is 0.259 e. The van der Waals surface area contributed by atoms with Crippen molar-refractivity contribution < 1.29 is 4.79 Å². The number of nitrogens with one attached hydrogen (secondary N) is 1. The molecule has 4 nitrogen and oxygen atoms in total. The Morgan fingerprint density at radius 3 is 2.50 bits per heavy atom. The lowest BCUT2D eigenvalue weighted by Crippen LogP contribution is -2.18. The van der Waals surface area contributed by atoms with Crippen LogP contribution in [0.15, 0.2) is 53.3 Å². The van der Waals surface area contributed by atoms with Crippen molar-refractivity contribution in [2.75, 3.05) is 0 Å². The van der Waals surface area contributed by atoms with Crippen LogP contribution in [0.1, 0.15) is 17.3 Å². The molecule has 22 heavy (non-hydrogen) atoms. The number of carbonyl (C=O) groups excluding carboxylic acids is 1. The molecule has 0 aliphatic carbocycles. The van der Waals surface area contributed by atoms with Gasteiger partial charge in [-0.1, -0.05) is 36.4 Å². The molecule has 3 aromatic rings. The van der Waals surface area contributed by atoms with Gasteiger partial charge in [0.25, 0.3) is 5.56 Å². The Kier molecular flexibility index (Phi) is 3.32. The van der Waals surface area contributed by atoms with E-state index in [9.17, 15) is 9.59 Å². The van der Waals surface area contributed by atoms with Gasteiger partial charge in [0, 0.05) is 11.1 Å². The Hall–Kier alpha value is -3.19. The highest BCUT2D eigenvalue weighted by Gasteiger charge is 2.17. The number of hydrogen-bond acceptors (Lipinski definition) is 2. The maximum absolute atomic E-state index is 12.3. The predicted molar refractivity (Wildman–Crippen MR) is 86.3 cm³/mol. The summed E-state index contributed by atoms with van der Waals surface area (Å²) in [7, 11) is 0. The Morgan fingerprint density at radius 2 is 1.86 bits per heavy atom. The topological polar surface area (TPSA) is 54.3 Å². The van der Waals surface area contributed by atoms with Crippen LogP contribution in [-0.4, -0.2) is 10.8 Å². The summed E-state index contributed by atoms with van der Waals surface area (Å²) in [6.07, 6.45) is 0. The van der Waals surface area contributed by atoms with E-state index in [0.29, 0.717) is 22.2 Å². The van der Waals surface area contributed by atoms with Crippen LogP contribution in [0.3, 0.4) is 0 Å². The molecule has 1 N–H and O–H groups in total. The van der Waals surface area contributed by atoms with Gasteiger partial charge in [-0.2, -0.15) is 0 Å². The van der Waals surface area contributed by atoms with E-state index < -0.39 is 5.56 Å². The maximum Gasteiger partial charge on any atom is 0.259 e. The molecular weight excluding hydrogens is 276 g/mol.